The van der Waals surface area contributed by atoms with E-state index in [9.17, 15) is 33.1 Å². The van der Waals surface area contributed by atoms with Crippen molar-refractivity contribution in [3.05, 3.63) is 70.8 Å². The summed E-state index contributed by atoms with van der Waals surface area (Å²) in [4.78, 5) is 60.0. The number of amides is 3. The highest BCUT2D eigenvalue weighted by molar-refractivity contribution is 6.09. The van der Waals surface area contributed by atoms with E-state index in [0.717, 1.165) is 87.8 Å². The topological polar surface area (TPSA) is 176 Å². The van der Waals surface area contributed by atoms with Crippen LogP contribution in [-0.2, 0) is 32.0 Å². The molecule has 6 heterocycles. The van der Waals surface area contributed by atoms with Crippen LogP contribution < -0.4 is 15.5 Å². The van der Waals surface area contributed by atoms with Gasteiger partial charge >= 0.3 is 0 Å². The summed E-state index contributed by atoms with van der Waals surface area (Å²) in [6.45, 7) is 7.45. The minimum absolute atomic E-state index is 0.0116. The van der Waals surface area contributed by atoms with Gasteiger partial charge in [0, 0.05) is 70.6 Å². The first kappa shape index (κ1) is 44.5. The van der Waals surface area contributed by atoms with Gasteiger partial charge in [0.15, 0.2) is 11.4 Å². The number of imide groups is 1. The van der Waals surface area contributed by atoms with E-state index >= 15 is 0 Å². The Morgan fingerprint density at radius 3 is 2.56 bits per heavy atom. The average molecular weight is 872 g/mol. The second-order valence-electron chi connectivity index (χ2n) is 18.5. The van der Waals surface area contributed by atoms with Crippen molar-refractivity contribution < 1.29 is 37.8 Å². The van der Waals surface area contributed by atoms with E-state index in [0.29, 0.717) is 43.4 Å². The highest BCUT2D eigenvalue weighted by Crippen LogP contribution is 2.45. The van der Waals surface area contributed by atoms with Gasteiger partial charge in [-0.15, -0.1) is 0 Å². The highest BCUT2D eigenvalue weighted by atomic mass is 19.3. The van der Waals surface area contributed by atoms with Gasteiger partial charge < -0.3 is 25.0 Å². The molecule has 2 unspecified atom stereocenters. The number of nitrogens with one attached hydrogen (secondary N) is 2. The maximum absolute atomic E-state index is 14.3. The number of piperidine rings is 2. The Morgan fingerprint density at radius 2 is 1.83 bits per heavy atom. The zero-order chi connectivity index (χ0) is 44.4. The molecule has 8 rings (SSSR count). The molecule has 3 aliphatic heterocycles. The Labute approximate surface area is 365 Å². The summed E-state index contributed by atoms with van der Waals surface area (Å²) in [5.74, 6) is -1.22. The van der Waals surface area contributed by atoms with Crippen LogP contribution in [0.2, 0.25) is 0 Å². The van der Waals surface area contributed by atoms with Crippen molar-refractivity contribution in [1.82, 2.24) is 34.6 Å². The number of alkyl halides is 2. The molecule has 2 saturated heterocycles. The first-order valence-corrected chi connectivity index (χ1v) is 22.5. The SMILES string of the molecule is CN1C(=O)C(C2CCC(=O)NC2=O)c2cccc(CCCOC3CCN(CC4CCC(n5cc(CC(=O)c6cnn7ccc(NCCC(C)(C)O)nc67)c(C(F)F)n5)CC4)CC3)c21. The fourth-order valence-corrected chi connectivity index (χ4v) is 9.95. The Balaban J connectivity index is 0.774. The number of para-hydroxylation sites is 1. The minimum Gasteiger partial charge on any atom is -0.390 e. The van der Waals surface area contributed by atoms with Crippen molar-refractivity contribution in [2.45, 2.75) is 121 Å². The van der Waals surface area contributed by atoms with Gasteiger partial charge in [-0.05, 0) is 101 Å². The van der Waals surface area contributed by atoms with E-state index < -0.39 is 23.9 Å². The number of rotatable bonds is 17. The maximum Gasteiger partial charge on any atom is 0.282 e. The molecule has 3 fully saturated rings. The third kappa shape index (κ3) is 10.2. The van der Waals surface area contributed by atoms with Crippen LogP contribution in [0.3, 0.4) is 0 Å². The van der Waals surface area contributed by atoms with Crippen LogP contribution in [-0.4, -0.2) is 109 Å². The van der Waals surface area contributed by atoms with Crippen LogP contribution in [0.25, 0.3) is 5.65 Å². The monoisotopic (exact) mass is 871 g/mol. The fraction of sp³-hybridized carbons (Fsp3) is 0.587. The number of aryl methyl sites for hydroxylation is 1. The molecule has 0 radical (unpaired) electrons. The number of hydrogen-bond donors (Lipinski definition) is 3. The quantitative estimate of drug-likeness (QED) is 0.0663. The average Bonchev–Trinajstić information content (AvgIpc) is 3.94. The summed E-state index contributed by atoms with van der Waals surface area (Å²) in [7, 11) is 1.76. The van der Waals surface area contributed by atoms with Crippen LogP contribution in [0, 0.1) is 11.8 Å². The zero-order valence-electron chi connectivity index (χ0n) is 36.4. The summed E-state index contributed by atoms with van der Waals surface area (Å²) < 4.78 is 38.0. The van der Waals surface area contributed by atoms with Gasteiger partial charge in [0.1, 0.15) is 11.5 Å². The number of anilines is 2. The molecule has 338 valence electrons. The van der Waals surface area contributed by atoms with Crippen LogP contribution in [0.5, 0.6) is 0 Å². The number of Topliss-reactive ketones (excluding diaryl/α,β-unsaturated/α-hetero) is 1. The van der Waals surface area contributed by atoms with Crippen LogP contribution in [0.1, 0.15) is 129 Å². The molecular weight excluding hydrogens is 813 g/mol. The molecule has 17 heteroatoms. The lowest BCUT2D eigenvalue weighted by Crippen LogP contribution is -2.44. The Hall–Kier alpha value is -5.13. The first-order valence-electron chi connectivity index (χ1n) is 22.5. The number of ketones is 1. The van der Waals surface area contributed by atoms with Crippen molar-refractivity contribution >= 4 is 40.7 Å². The molecule has 3 N–H and O–H groups in total. The number of aliphatic hydroxyl groups is 1. The van der Waals surface area contributed by atoms with Gasteiger partial charge in [0.2, 0.25) is 17.7 Å². The van der Waals surface area contributed by atoms with Gasteiger partial charge in [0.25, 0.3) is 6.43 Å². The van der Waals surface area contributed by atoms with E-state index in [1.54, 1.807) is 48.9 Å². The maximum atomic E-state index is 14.3. The lowest BCUT2D eigenvalue weighted by atomic mass is 9.81. The third-order valence-electron chi connectivity index (χ3n) is 13.4. The smallest absolute Gasteiger partial charge is 0.282 e. The largest absolute Gasteiger partial charge is 0.390 e. The first-order chi connectivity index (χ1) is 30.2. The van der Waals surface area contributed by atoms with Gasteiger partial charge in [-0.25, -0.2) is 18.3 Å². The van der Waals surface area contributed by atoms with Crippen molar-refractivity contribution in [1.29, 1.82) is 0 Å². The number of aromatic nitrogens is 5. The van der Waals surface area contributed by atoms with E-state index in [4.69, 9.17) is 4.74 Å². The molecule has 1 aromatic carbocycles. The molecule has 3 aromatic heterocycles. The number of nitrogens with zero attached hydrogens (tertiary/aromatic N) is 7. The minimum atomic E-state index is -2.81. The van der Waals surface area contributed by atoms with E-state index in [1.165, 1.54) is 10.7 Å². The van der Waals surface area contributed by atoms with Crippen LogP contribution >= 0.6 is 0 Å². The van der Waals surface area contributed by atoms with Crippen molar-refractivity contribution in [2.24, 2.45) is 11.8 Å². The van der Waals surface area contributed by atoms with Gasteiger partial charge in [-0.2, -0.15) is 10.2 Å². The fourth-order valence-electron chi connectivity index (χ4n) is 9.95. The van der Waals surface area contributed by atoms with Crippen molar-refractivity contribution in [3.63, 3.8) is 0 Å². The van der Waals surface area contributed by atoms with E-state index in [1.807, 2.05) is 18.2 Å². The molecular formula is C46H59F2N9O6. The molecule has 63 heavy (non-hydrogen) atoms. The number of likely N-dealkylation sites (N-methyl/N-ethyl adjacent to an activating group) is 1. The zero-order valence-corrected chi connectivity index (χ0v) is 36.4. The van der Waals surface area contributed by atoms with Crippen molar-refractivity contribution in [2.75, 3.05) is 50.1 Å². The number of carbonyl (C=O) groups is 4. The molecule has 0 bridgehead atoms. The second-order valence-corrected chi connectivity index (χ2v) is 18.5. The number of fused-ring (bicyclic) bond motifs is 2. The van der Waals surface area contributed by atoms with E-state index in [2.05, 4.69) is 30.7 Å². The molecule has 1 aliphatic carbocycles. The van der Waals surface area contributed by atoms with Crippen molar-refractivity contribution in [3.8, 4) is 0 Å². The number of ether oxygens (including phenoxy) is 1. The summed E-state index contributed by atoms with van der Waals surface area (Å²) in [6.07, 6.45) is 10.0. The predicted molar refractivity (Wildman–Crippen MR) is 231 cm³/mol. The number of hydrogen-bond acceptors (Lipinski definition) is 11. The Morgan fingerprint density at radius 1 is 1.05 bits per heavy atom. The molecule has 4 aromatic rings. The van der Waals surface area contributed by atoms with E-state index in [-0.39, 0.29) is 65.3 Å². The number of likely N-dealkylation sites (tertiary alicyclic amines) is 1. The van der Waals surface area contributed by atoms with Crippen LogP contribution in [0.4, 0.5) is 20.3 Å². The Bertz CT molecular complexity index is 2310. The van der Waals surface area contributed by atoms with Gasteiger partial charge in [-0.1, -0.05) is 18.2 Å². The van der Waals surface area contributed by atoms with Crippen LogP contribution in [0.15, 0.2) is 42.9 Å². The second kappa shape index (κ2) is 18.9. The van der Waals surface area contributed by atoms with Gasteiger partial charge in [0.05, 0.1) is 47.0 Å². The molecule has 0 spiro atoms. The highest BCUT2D eigenvalue weighted by Gasteiger charge is 2.45. The number of halogens is 2. The molecule has 15 nitrogen and oxygen atoms in total. The Kier molecular flexibility index (Phi) is 13.4. The molecule has 2 atom stereocenters. The molecule has 1 saturated carbocycles. The summed E-state index contributed by atoms with van der Waals surface area (Å²) in [5.41, 5.74) is 2.38. The molecule has 4 aliphatic rings. The summed E-state index contributed by atoms with van der Waals surface area (Å²) in [6, 6.07) is 7.63. The number of benzene rings is 1. The molecule has 3 amide bonds. The summed E-state index contributed by atoms with van der Waals surface area (Å²) >= 11 is 0. The predicted octanol–water partition coefficient (Wildman–Crippen LogP) is 5.82. The lowest BCUT2D eigenvalue weighted by molar-refractivity contribution is -0.139. The summed E-state index contributed by atoms with van der Waals surface area (Å²) in [5, 5.41) is 24.2. The standard InChI is InChI=1S/C46H59F2N9O6/c1-46(2,62)18-19-49-37-17-22-56-43(51-37)35(25-50-56)36(58)24-30-27-57(53-40(30)42(47)48)31-11-9-28(10-12-31)26-55-20-15-32(16-21-55)63-23-5-7-29-6-4-8-33-39(45(61)54(3)41(29)33)34-13-14-38(59)52-44(34)60/h4,6,8,17,22,25,27-28,31-32,34,39,42,62H,5,7,9-16,18-21,23-24,26H2,1-3H3,(H,49,51)(H,52,59,60). The third-order valence-corrected chi connectivity index (χ3v) is 13.4. The normalized spacial score (nSPS) is 22.6. The number of carbonyl (C=O) groups excluding carboxylic acids is 4. The lowest BCUT2D eigenvalue weighted by Gasteiger charge is -2.36. The van der Waals surface area contributed by atoms with Gasteiger partial charge in [-0.3, -0.25) is 29.2 Å².